The lowest BCUT2D eigenvalue weighted by atomic mass is 10.1. The molecular formula is C17H31N. The Morgan fingerprint density at radius 3 is 1.67 bits per heavy atom. The van der Waals surface area contributed by atoms with E-state index in [0.717, 1.165) is 5.69 Å². The van der Waals surface area contributed by atoms with Crippen LogP contribution in [0.3, 0.4) is 0 Å². The fourth-order valence-electron chi connectivity index (χ4n) is 1.89. The van der Waals surface area contributed by atoms with E-state index >= 15 is 0 Å². The van der Waals surface area contributed by atoms with Crippen molar-refractivity contribution < 1.29 is 0 Å². The van der Waals surface area contributed by atoms with Gasteiger partial charge in [0.2, 0.25) is 0 Å². The molecule has 1 aromatic rings. The van der Waals surface area contributed by atoms with E-state index in [1.165, 1.54) is 56.9 Å². The van der Waals surface area contributed by atoms with Gasteiger partial charge >= 0.3 is 0 Å². The Kier molecular flexibility index (Phi) is 12.0. The molecular weight excluding hydrogens is 218 g/mol. The zero-order valence-corrected chi connectivity index (χ0v) is 12.8. The van der Waals surface area contributed by atoms with E-state index in [1.54, 1.807) is 0 Å². The molecule has 1 heteroatoms. The first-order chi connectivity index (χ1) is 8.70. The van der Waals surface area contributed by atoms with E-state index in [0.29, 0.717) is 0 Å². The normalized spacial score (nSPS) is 9.78. The summed E-state index contributed by atoms with van der Waals surface area (Å²) >= 11 is 0. The lowest BCUT2D eigenvalue weighted by Gasteiger charge is -1.97. The highest BCUT2D eigenvalue weighted by molar-refractivity contribution is 5.12. The van der Waals surface area contributed by atoms with Crippen molar-refractivity contribution in [2.75, 3.05) is 0 Å². The molecule has 0 radical (unpaired) electrons. The molecule has 0 atom stereocenters. The minimum absolute atomic E-state index is 1.09. The van der Waals surface area contributed by atoms with Crippen LogP contribution in [0, 0.1) is 13.8 Å². The third kappa shape index (κ3) is 11.6. The van der Waals surface area contributed by atoms with Crippen molar-refractivity contribution in [3.63, 3.8) is 0 Å². The molecule has 0 aliphatic rings. The summed E-state index contributed by atoms with van der Waals surface area (Å²) in [6.07, 6.45) is 13.3. The van der Waals surface area contributed by atoms with Crippen LogP contribution in [0.25, 0.3) is 0 Å². The SMILES string of the molecule is CCCCCCCCCC.Cc1ccnc(C)c1. The van der Waals surface area contributed by atoms with Gasteiger partial charge in [-0.05, 0) is 31.5 Å². The molecule has 0 aliphatic heterocycles. The van der Waals surface area contributed by atoms with Crippen LogP contribution in [0.1, 0.15) is 76.5 Å². The average Bonchev–Trinajstić information content (AvgIpc) is 2.34. The zero-order valence-electron chi connectivity index (χ0n) is 12.8. The number of unbranched alkanes of at least 4 members (excludes halogenated alkanes) is 7. The van der Waals surface area contributed by atoms with Gasteiger partial charge in [-0.1, -0.05) is 65.2 Å². The monoisotopic (exact) mass is 249 g/mol. The van der Waals surface area contributed by atoms with Gasteiger partial charge in [0.05, 0.1) is 0 Å². The Morgan fingerprint density at radius 1 is 0.833 bits per heavy atom. The molecule has 1 rings (SSSR count). The molecule has 104 valence electrons. The van der Waals surface area contributed by atoms with E-state index < -0.39 is 0 Å². The van der Waals surface area contributed by atoms with Gasteiger partial charge in [0.25, 0.3) is 0 Å². The lowest BCUT2D eigenvalue weighted by molar-refractivity contribution is 0.585. The fourth-order valence-corrected chi connectivity index (χ4v) is 1.89. The van der Waals surface area contributed by atoms with Crippen LogP contribution in [0.15, 0.2) is 18.3 Å². The number of pyridine rings is 1. The molecule has 0 aliphatic carbocycles. The molecule has 0 saturated heterocycles. The first-order valence-corrected chi connectivity index (χ1v) is 7.60. The molecule has 1 nitrogen and oxygen atoms in total. The molecule has 0 aromatic carbocycles. The van der Waals surface area contributed by atoms with Crippen molar-refractivity contribution in [1.29, 1.82) is 0 Å². The molecule has 1 aromatic heterocycles. The Balaban J connectivity index is 0.000000327. The summed E-state index contributed by atoms with van der Waals surface area (Å²) in [5.74, 6) is 0. The lowest BCUT2D eigenvalue weighted by Crippen LogP contribution is -1.78. The van der Waals surface area contributed by atoms with Gasteiger partial charge in [-0.15, -0.1) is 0 Å². The van der Waals surface area contributed by atoms with Crippen molar-refractivity contribution in [2.45, 2.75) is 79.1 Å². The summed E-state index contributed by atoms with van der Waals surface area (Å²) in [4.78, 5) is 4.04. The van der Waals surface area contributed by atoms with Crippen molar-refractivity contribution in [3.05, 3.63) is 29.6 Å². The van der Waals surface area contributed by atoms with Crippen molar-refractivity contribution in [2.24, 2.45) is 0 Å². The number of aromatic nitrogens is 1. The van der Waals surface area contributed by atoms with E-state index in [9.17, 15) is 0 Å². The number of hydrogen-bond acceptors (Lipinski definition) is 1. The van der Waals surface area contributed by atoms with Crippen LogP contribution in [0.4, 0.5) is 0 Å². The predicted molar refractivity (Wildman–Crippen MR) is 82.0 cm³/mol. The molecule has 18 heavy (non-hydrogen) atoms. The summed E-state index contributed by atoms with van der Waals surface area (Å²) in [5, 5.41) is 0. The minimum Gasteiger partial charge on any atom is -0.262 e. The topological polar surface area (TPSA) is 12.9 Å². The van der Waals surface area contributed by atoms with Crippen LogP contribution in [0.2, 0.25) is 0 Å². The predicted octanol–water partition coefficient (Wildman–Crippen LogP) is 5.85. The molecule has 0 amide bonds. The van der Waals surface area contributed by atoms with Gasteiger partial charge in [0, 0.05) is 11.9 Å². The number of hydrogen-bond donors (Lipinski definition) is 0. The Morgan fingerprint density at radius 2 is 1.33 bits per heavy atom. The molecule has 0 saturated carbocycles. The molecule has 0 fully saturated rings. The summed E-state index contributed by atoms with van der Waals surface area (Å²) in [6, 6.07) is 4.05. The first kappa shape index (κ1) is 17.2. The first-order valence-electron chi connectivity index (χ1n) is 7.60. The van der Waals surface area contributed by atoms with Gasteiger partial charge in [0.1, 0.15) is 0 Å². The summed E-state index contributed by atoms with van der Waals surface area (Å²) in [6.45, 7) is 8.60. The highest BCUT2D eigenvalue weighted by Crippen LogP contribution is 2.07. The third-order valence-electron chi connectivity index (χ3n) is 3.01. The molecule has 0 unspecified atom stereocenters. The minimum atomic E-state index is 1.09. The Bertz CT molecular complexity index is 255. The summed E-state index contributed by atoms with van der Waals surface area (Å²) < 4.78 is 0. The highest BCUT2D eigenvalue weighted by atomic mass is 14.6. The molecule has 0 N–H and O–H groups in total. The van der Waals surface area contributed by atoms with Crippen LogP contribution < -0.4 is 0 Å². The van der Waals surface area contributed by atoms with Crippen molar-refractivity contribution in [1.82, 2.24) is 4.98 Å². The number of aryl methyl sites for hydroxylation is 2. The fraction of sp³-hybridized carbons (Fsp3) is 0.706. The van der Waals surface area contributed by atoms with Gasteiger partial charge < -0.3 is 0 Å². The van der Waals surface area contributed by atoms with Crippen LogP contribution in [0.5, 0.6) is 0 Å². The average molecular weight is 249 g/mol. The summed E-state index contributed by atoms with van der Waals surface area (Å²) in [5.41, 5.74) is 2.36. The number of nitrogens with zero attached hydrogens (tertiary/aromatic N) is 1. The van der Waals surface area contributed by atoms with Crippen LogP contribution >= 0.6 is 0 Å². The van der Waals surface area contributed by atoms with Gasteiger partial charge in [0.15, 0.2) is 0 Å². The molecule has 0 bridgehead atoms. The van der Waals surface area contributed by atoms with E-state index in [2.05, 4.69) is 31.8 Å². The van der Waals surface area contributed by atoms with Crippen LogP contribution in [-0.4, -0.2) is 4.98 Å². The summed E-state index contributed by atoms with van der Waals surface area (Å²) in [7, 11) is 0. The standard InChI is InChI=1S/C10H22.C7H9N/c1-3-5-7-9-10-8-6-4-2;1-6-3-4-8-7(2)5-6/h3-10H2,1-2H3;3-5H,1-2H3. The highest BCUT2D eigenvalue weighted by Gasteiger charge is 1.87. The zero-order chi connectivity index (χ0) is 13.6. The van der Waals surface area contributed by atoms with Crippen LogP contribution in [-0.2, 0) is 0 Å². The maximum atomic E-state index is 4.04. The van der Waals surface area contributed by atoms with Gasteiger partial charge in [-0.3, -0.25) is 4.98 Å². The van der Waals surface area contributed by atoms with Gasteiger partial charge in [-0.25, -0.2) is 0 Å². The van der Waals surface area contributed by atoms with Gasteiger partial charge in [-0.2, -0.15) is 0 Å². The number of rotatable bonds is 7. The smallest absolute Gasteiger partial charge is 0.0375 e. The maximum absolute atomic E-state index is 4.04. The second kappa shape index (κ2) is 12.6. The van der Waals surface area contributed by atoms with E-state index in [4.69, 9.17) is 0 Å². The Hall–Kier alpha value is -0.850. The third-order valence-corrected chi connectivity index (χ3v) is 3.01. The molecule has 1 heterocycles. The van der Waals surface area contributed by atoms with E-state index in [1.807, 2.05) is 19.2 Å². The Labute approximate surface area is 114 Å². The maximum Gasteiger partial charge on any atom is 0.0375 e. The van der Waals surface area contributed by atoms with E-state index in [-0.39, 0.29) is 0 Å². The van der Waals surface area contributed by atoms with Crippen molar-refractivity contribution in [3.8, 4) is 0 Å². The molecule has 0 spiro atoms. The van der Waals surface area contributed by atoms with Crippen molar-refractivity contribution >= 4 is 0 Å². The second-order valence-electron chi connectivity index (χ2n) is 5.10. The largest absolute Gasteiger partial charge is 0.262 e. The second-order valence-corrected chi connectivity index (χ2v) is 5.10. The quantitative estimate of drug-likeness (QED) is 0.553.